The van der Waals surface area contributed by atoms with Crippen LogP contribution in [0.2, 0.25) is 0 Å². The van der Waals surface area contributed by atoms with Crippen molar-refractivity contribution in [3.8, 4) is 0 Å². The molecule has 17 heavy (non-hydrogen) atoms. The van der Waals surface area contributed by atoms with E-state index in [1.807, 2.05) is 0 Å². The lowest BCUT2D eigenvalue weighted by molar-refractivity contribution is 0.253. The zero-order valence-electron chi connectivity index (χ0n) is 10.3. The van der Waals surface area contributed by atoms with E-state index < -0.39 is 0 Å². The first-order valence-corrected chi connectivity index (χ1v) is 7.88. The normalized spacial score (nSPS) is 29.1. The number of hydrogen-bond acceptors (Lipinski definition) is 1. The summed E-state index contributed by atoms with van der Waals surface area (Å²) in [4.78, 5) is 0. The molecular weight excluding hydrogens is 342 g/mol. The molecule has 0 saturated heterocycles. The Balaban J connectivity index is 2.09. The van der Waals surface area contributed by atoms with Gasteiger partial charge in [-0.05, 0) is 52.4 Å². The van der Waals surface area contributed by atoms with E-state index >= 15 is 0 Å². The maximum atomic E-state index is 3.69. The quantitative estimate of drug-likeness (QED) is 0.739. The Morgan fingerprint density at radius 2 is 1.94 bits per heavy atom. The molecule has 0 aromatic heterocycles. The van der Waals surface area contributed by atoms with Gasteiger partial charge in [-0.15, -0.1) is 0 Å². The number of nitrogens with one attached hydrogen (secondary N) is 1. The standard InChI is InChI=1S/C14H19Br2N/c1-9-4-3-5-13(10(9)2)17-14-7-6-11(15)8-12(14)16/h6-10,13,17H,3-5H2,1-2H3. The minimum absolute atomic E-state index is 0.608. The number of benzene rings is 1. The summed E-state index contributed by atoms with van der Waals surface area (Å²) < 4.78 is 2.25. The lowest BCUT2D eigenvalue weighted by atomic mass is 9.78. The van der Waals surface area contributed by atoms with Crippen LogP contribution in [0, 0.1) is 11.8 Å². The van der Waals surface area contributed by atoms with Gasteiger partial charge in [-0.2, -0.15) is 0 Å². The zero-order chi connectivity index (χ0) is 12.4. The van der Waals surface area contributed by atoms with Crippen LogP contribution in [0.25, 0.3) is 0 Å². The summed E-state index contributed by atoms with van der Waals surface area (Å²) in [5.74, 6) is 1.58. The summed E-state index contributed by atoms with van der Waals surface area (Å²) in [7, 11) is 0. The second-order valence-corrected chi connectivity index (χ2v) is 6.91. The highest BCUT2D eigenvalue weighted by atomic mass is 79.9. The first-order chi connectivity index (χ1) is 8.08. The summed E-state index contributed by atoms with van der Waals surface area (Å²) in [6.07, 6.45) is 4.01. The van der Waals surface area contributed by atoms with E-state index in [0.717, 1.165) is 20.8 Å². The second kappa shape index (κ2) is 5.75. The van der Waals surface area contributed by atoms with E-state index in [1.165, 1.54) is 24.9 Å². The van der Waals surface area contributed by atoms with Crippen molar-refractivity contribution in [1.82, 2.24) is 0 Å². The van der Waals surface area contributed by atoms with Gasteiger partial charge in [0, 0.05) is 20.7 Å². The molecule has 1 fully saturated rings. The Bertz CT molecular complexity index is 392. The average molecular weight is 361 g/mol. The van der Waals surface area contributed by atoms with Crippen LogP contribution < -0.4 is 5.32 Å². The Hall–Kier alpha value is -0.0200. The van der Waals surface area contributed by atoms with E-state index in [0.29, 0.717) is 6.04 Å². The van der Waals surface area contributed by atoms with Crippen molar-refractivity contribution in [2.24, 2.45) is 11.8 Å². The minimum Gasteiger partial charge on any atom is -0.381 e. The largest absolute Gasteiger partial charge is 0.381 e. The third kappa shape index (κ3) is 3.25. The summed E-state index contributed by atoms with van der Waals surface area (Å²) in [5.41, 5.74) is 1.21. The predicted octanol–water partition coefficient (Wildman–Crippen LogP) is 5.45. The van der Waals surface area contributed by atoms with E-state index in [1.54, 1.807) is 0 Å². The predicted molar refractivity (Wildman–Crippen MR) is 81.4 cm³/mol. The topological polar surface area (TPSA) is 12.0 Å². The second-order valence-electron chi connectivity index (χ2n) is 5.14. The molecule has 1 aromatic rings. The van der Waals surface area contributed by atoms with Crippen molar-refractivity contribution in [1.29, 1.82) is 0 Å². The fraction of sp³-hybridized carbons (Fsp3) is 0.571. The van der Waals surface area contributed by atoms with Crippen molar-refractivity contribution >= 4 is 37.5 Å². The van der Waals surface area contributed by atoms with Crippen LogP contribution in [-0.4, -0.2) is 6.04 Å². The third-order valence-corrected chi connectivity index (χ3v) is 5.13. The van der Waals surface area contributed by atoms with E-state index in [9.17, 15) is 0 Å². The summed E-state index contributed by atoms with van der Waals surface area (Å²) >= 11 is 7.10. The molecule has 0 spiro atoms. The van der Waals surface area contributed by atoms with E-state index in [2.05, 4.69) is 69.2 Å². The van der Waals surface area contributed by atoms with Crippen molar-refractivity contribution in [3.05, 3.63) is 27.1 Å². The van der Waals surface area contributed by atoms with Crippen molar-refractivity contribution < 1.29 is 0 Å². The Labute approximate surface area is 121 Å². The molecule has 1 nitrogen and oxygen atoms in total. The van der Waals surface area contributed by atoms with Gasteiger partial charge in [-0.25, -0.2) is 0 Å². The van der Waals surface area contributed by atoms with Gasteiger partial charge in [0.05, 0.1) is 0 Å². The molecule has 3 heteroatoms. The van der Waals surface area contributed by atoms with Gasteiger partial charge in [-0.3, -0.25) is 0 Å². The first kappa shape index (κ1) is 13.4. The lowest BCUT2D eigenvalue weighted by Crippen LogP contribution is -2.35. The molecule has 0 radical (unpaired) electrons. The number of rotatable bonds is 2. The number of anilines is 1. The van der Waals surface area contributed by atoms with Crippen LogP contribution in [0.5, 0.6) is 0 Å². The molecule has 1 aliphatic carbocycles. The Morgan fingerprint density at radius 1 is 1.18 bits per heavy atom. The van der Waals surface area contributed by atoms with Crippen molar-refractivity contribution in [2.45, 2.75) is 39.2 Å². The highest BCUT2D eigenvalue weighted by Gasteiger charge is 2.27. The minimum atomic E-state index is 0.608. The van der Waals surface area contributed by atoms with E-state index in [4.69, 9.17) is 0 Å². The fourth-order valence-electron chi connectivity index (χ4n) is 2.59. The SMILES string of the molecule is CC1CCCC(Nc2ccc(Br)cc2Br)C1C. The molecule has 3 unspecified atom stereocenters. The van der Waals surface area contributed by atoms with Crippen LogP contribution in [-0.2, 0) is 0 Å². The summed E-state index contributed by atoms with van der Waals surface area (Å²) in [6, 6.07) is 6.93. The average Bonchev–Trinajstić information content (AvgIpc) is 2.28. The molecule has 0 amide bonds. The van der Waals surface area contributed by atoms with Gasteiger partial charge in [0.25, 0.3) is 0 Å². The van der Waals surface area contributed by atoms with Gasteiger partial charge in [0.15, 0.2) is 0 Å². The van der Waals surface area contributed by atoms with Crippen molar-refractivity contribution in [2.75, 3.05) is 5.32 Å². The maximum Gasteiger partial charge on any atom is 0.0487 e. The van der Waals surface area contributed by atoms with Crippen LogP contribution in [0.1, 0.15) is 33.1 Å². The molecule has 94 valence electrons. The molecular formula is C14H19Br2N. The lowest BCUT2D eigenvalue weighted by Gasteiger charge is -2.35. The van der Waals surface area contributed by atoms with Crippen LogP contribution in [0.15, 0.2) is 27.1 Å². The van der Waals surface area contributed by atoms with Gasteiger partial charge in [-0.1, -0.05) is 42.6 Å². The summed E-state index contributed by atoms with van der Waals surface area (Å²) in [6.45, 7) is 4.74. The van der Waals surface area contributed by atoms with Gasteiger partial charge in [0.2, 0.25) is 0 Å². The van der Waals surface area contributed by atoms with Crippen LogP contribution in [0.4, 0.5) is 5.69 Å². The molecule has 1 aliphatic rings. The highest BCUT2D eigenvalue weighted by molar-refractivity contribution is 9.11. The molecule has 1 aromatic carbocycles. The molecule has 0 aliphatic heterocycles. The number of halogens is 2. The zero-order valence-corrected chi connectivity index (χ0v) is 13.5. The van der Waals surface area contributed by atoms with Gasteiger partial charge < -0.3 is 5.32 Å². The molecule has 1 N–H and O–H groups in total. The third-order valence-electron chi connectivity index (χ3n) is 3.98. The van der Waals surface area contributed by atoms with Crippen LogP contribution in [0.3, 0.4) is 0 Å². The monoisotopic (exact) mass is 359 g/mol. The van der Waals surface area contributed by atoms with E-state index in [-0.39, 0.29) is 0 Å². The molecule has 1 saturated carbocycles. The highest BCUT2D eigenvalue weighted by Crippen LogP contribution is 2.34. The molecule has 2 rings (SSSR count). The van der Waals surface area contributed by atoms with Gasteiger partial charge in [0.1, 0.15) is 0 Å². The number of hydrogen-bond donors (Lipinski definition) is 1. The smallest absolute Gasteiger partial charge is 0.0487 e. The first-order valence-electron chi connectivity index (χ1n) is 6.29. The summed E-state index contributed by atoms with van der Waals surface area (Å²) in [5, 5.41) is 3.69. The molecule has 3 atom stereocenters. The van der Waals surface area contributed by atoms with Crippen molar-refractivity contribution in [3.63, 3.8) is 0 Å². The van der Waals surface area contributed by atoms with Crippen LogP contribution >= 0.6 is 31.9 Å². The Kier molecular flexibility index (Phi) is 4.53. The Morgan fingerprint density at radius 3 is 2.65 bits per heavy atom. The fourth-order valence-corrected chi connectivity index (χ4v) is 3.75. The molecule has 0 heterocycles. The maximum absolute atomic E-state index is 3.69. The van der Waals surface area contributed by atoms with Gasteiger partial charge >= 0.3 is 0 Å². The molecule has 0 bridgehead atoms.